The molecule has 0 unspecified atom stereocenters. The van der Waals surface area contributed by atoms with Gasteiger partial charge in [-0.1, -0.05) is 36.8 Å². The molecule has 24 heteroatoms. The number of aryl methyl sites for hydroxylation is 7. The maximum Gasteiger partial charge on any atom is 0.414 e. The first kappa shape index (κ1) is 76.5. The number of fused-ring (bicyclic) bond motifs is 9. The van der Waals surface area contributed by atoms with Crippen LogP contribution >= 0.6 is 0 Å². The number of amides is 3. The van der Waals surface area contributed by atoms with Crippen LogP contribution in [-0.4, -0.2) is 144 Å². The number of imidazole rings is 3. The van der Waals surface area contributed by atoms with Gasteiger partial charge >= 0.3 is 24.2 Å². The van der Waals surface area contributed by atoms with Crippen LogP contribution in [-0.2, 0) is 81.8 Å². The number of methoxy groups -OCH3 is 4. The van der Waals surface area contributed by atoms with Crippen LogP contribution in [0.2, 0.25) is 0 Å². The maximum absolute atomic E-state index is 14.2. The van der Waals surface area contributed by atoms with Crippen molar-refractivity contribution < 1.29 is 57.5 Å². The molecule has 5 aromatic carbocycles. The Morgan fingerprint density at radius 3 is 1.66 bits per heavy atom. The number of hydrogen-bond acceptors (Lipinski definition) is 15. The van der Waals surface area contributed by atoms with E-state index in [1.54, 1.807) is 41.0 Å². The normalized spacial score (nSPS) is 21.9. The first-order valence-electron chi connectivity index (χ1n) is 39.0. The fourth-order valence-corrected chi connectivity index (χ4v) is 18.0. The first-order valence-corrected chi connectivity index (χ1v) is 39.0. The fourth-order valence-electron chi connectivity index (χ4n) is 18.0. The summed E-state index contributed by atoms with van der Waals surface area (Å²) < 4.78 is 43.9. The lowest BCUT2D eigenvalue weighted by Gasteiger charge is -2.34. The number of carboxylic acids is 1. The molecule has 0 bridgehead atoms. The summed E-state index contributed by atoms with van der Waals surface area (Å²) in [6, 6.07) is 30.1. The summed E-state index contributed by atoms with van der Waals surface area (Å²) in [6.45, 7) is 10.6. The zero-order valence-electron chi connectivity index (χ0n) is 63.8. The Morgan fingerprint density at radius 1 is 0.565 bits per heavy atom. The number of Topliss-reactive ketones (excluding diaryl/α,β-unsaturated/α-hetero) is 1. The van der Waals surface area contributed by atoms with Gasteiger partial charge in [0.1, 0.15) is 34.8 Å². The third-order valence-corrected chi connectivity index (χ3v) is 23.8. The van der Waals surface area contributed by atoms with E-state index in [1.807, 2.05) is 55.1 Å². The van der Waals surface area contributed by atoms with Gasteiger partial charge in [0, 0.05) is 122 Å². The van der Waals surface area contributed by atoms with Crippen LogP contribution in [0.25, 0.3) is 33.1 Å². The molecule has 23 nitrogen and oxygen atoms in total. The number of aromatic nitrogens is 8. The van der Waals surface area contributed by atoms with Gasteiger partial charge in [-0.3, -0.25) is 29.0 Å². The first-order chi connectivity index (χ1) is 52.4. The molecule has 6 aliphatic rings. The van der Waals surface area contributed by atoms with Gasteiger partial charge in [-0.15, -0.1) is 0 Å². The highest BCUT2D eigenvalue weighted by atomic mass is 19.1. The van der Waals surface area contributed by atoms with E-state index in [9.17, 15) is 38.6 Å². The number of carbonyl (C=O) groups excluding carboxylic acids is 4. The molecule has 5 atom stereocenters. The van der Waals surface area contributed by atoms with Crippen molar-refractivity contribution in [2.24, 2.45) is 17.8 Å². The number of aliphatic hydroxyl groups excluding tert-OH is 1. The minimum absolute atomic E-state index is 0.0253. The van der Waals surface area contributed by atoms with Crippen molar-refractivity contribution in [3.05, 3.63) is 154 Å². The van der Waals surface area contributed by atoms with E-state index in [0.717, 1.165) is 238 Å². The SMILES string of the molecule is COC(=O)N1c2ccc3c(nc(CCc4ccccc4)n3[C@H]3CCC[C@H](C(=O)O)C3)c2CC[C@@H]1C.COC(=O)N1c2ccc3c(nc(CCn4cccn4)n3CCNC3CCC(CO)CC3)c2CC[C@@H]1C.COC(=O)N1c2ccc3c(nc(Cc4cc(F)ccc4OC)n3C3CCC(C(C)=O)CC3)c2CC[C@@H]1C. The molecule has 0 saturated heterocycles. The van der Waals surface area contributed by atoms with Crippen LogP contribution in [0.4, 0.5) is 35.8 Å². The van der Waals surface area contributed by atoms with Crippen molar-refractivity contribution in [2.45, 2.75) is 218 Å². The molecule has 108 heavy (non-hydrogen) atoms. The van der Waals surface area contributed by atoms with Crippen LogP contribution in [0.15, 0.2) is 103 Å². The van der Waals surface area contributed by atoms with E-state index in [2.05, 4.69) is 73.5 Å². The number of ether oxygens (including phenoxy) is 4. The minimum atomic E-state index is -0.704. The average molecular weight is 1480 g/mol. The number of ketones is 1. The molecule has 7 heterocycles. The molecule has 574 valence electrons. The number of carbonyl (C=O) groups is 5. The van der Waals surface area contributed by atoms with E-state index >= 15 is 0 Å². The zero-order chi connectivity index (χ0) is 75.9. The summed E-state index contributed by atoms with van der Waals surface area (Å²) in [5.41, 5.74) is 13.8. The Balaban J connectivity index is 0.000000143. The molecule has 9 aromatic rings. The molecule has 0 radical (unpaired) electrons. The van der Waals surface area contributed by atoms with E-state index in [0.29, 0.717) is 37.2 Å². The van der Waals surface area contributed by atoms with Gasteiger partial charge in [0.15, 0.2) is 0 Å². The third kappa shape index (κ3) is 16.2. The molecule has 3 fully saturated rings. The fraction of sp³-hybridized carbons (Fsp3) is 0.512. The summed E-state index contributed by atoms with van der Waals surface area (Å²) >= 11 is 0. The van der Waals surface area contributed by atoms with E-state index < -0.39 is 5.97 Å². The Kier molecular flexibility index (Phi) is 24.3. The topological polar surface area (TPSA) is 256 Å². The molecule has 0 spiro atoms. The number of carboxylic acid groups (broad SMARTS) is 1. The maximum atomic E-state index is 14.2. The zero-order valence-corrected chi connectivity index (χ0v) is 63.8. The molecule has 4 aromatic heterocycles. The second-order valence-corrected chi connectivity index (χ2v) is 30.4. The van der Waals surface area contributed by atoms with Gasteiger partial charge in [-0.2, -0.15) is 5.10 Å². The molecule has 3 aliphatic carbocycles. The van der Waals surface area contributed by atoms with Gasteiger partial charge in [-0.05, 0) is 215 Å². The van der Waals surface area contributed by atoms with Gasteiger partial charge < -0.3 is 48.2 Å². The molecule has 15 rings (SSSR count). The number of anilines is 3. The summed E-state index contributed by atoms with van der Waals surface area (Å²) in [5, 5.41) is 27.2. The summed E-state index contributed by atoms with van der Waals surface area (Å²) in [4.78, 5) is 82.2. The van der Waals surface area contributed by atoms with Gasteiger partial charge in [0.25, 0.3) is 0 Å². The van der Waals surface area contributed by atoms with Gasteiger partial charge in [0.2, 0.25) is 0 Å². The lowest BCUT2D eigenvalue weighted by Crippen LogP contribution is -2.42. The minimum Gasteiger partial charge on any atom is -0.496 e. The second-order valence-electron chi connectivity index (χ2n) is 30.4. The van der Waals surface area contributed by atoms with Gasteiger partial charge in [-0.25, -0.2) is 33.7 Å². The Hall–Kier alpha value is -9.68. The van der Waals surface area contributed by atoms with E-state index in [-0.39, 0.29) is 71.9 Å². The van der Waals surface area contributed by atoms with Crippen molar-refractivity contribution in [3.8, 4) is 5.75 Å². The highest BCUT2D eigenvalue weighted by molar-refractivity contribution is 5.98. The summed E-state index contributed by atoms with van der Waals surface area (Å²) in [6.07, 6.45) is 21.8. The molecule has 3 amide bonds. The Labute approximate surface area is 631 Å². The molecule has 3 aliphatic heterocycles. The third-order valence-electron chi connectivity index (χ3n) is 23.8. The number of aliphatic hydroxyl groups is 1. The Bertz CT molecular complexity index is 4670. The average Bonchev–Trinajstić information content (AvgIpc) is 1.58. The lowest BCUT2D eigenvalue weighted by molar-refractivity contribution is -0.143. The van der Waals surface area contributed by atoms with Crippen molar-refractivity contribution in [1.29, 1.82) is 0 Å². The van der Waals surface area contributed by atoms with Crippen LogP contribution in [0.3, 0.4) is 0 Å². The highest BCUT2D eigenvalue weighted by Crippen LogP contribution is 2.45. The quantitative estimate of drug-likeness (QED) is 0.0675. The van der Waals surface area contributed by atoms with Crippen LogP contribution in [0.5, 0.6) is 5.75 Å². The Morgan fingerprint density at radius 2 is 1.12 bits per heavy atom. The largest absolute Gasteiger partial charge is 0.496 e. The number of nitrogens with one attached hydrogen (secondary N) is 1. The van der Waals surface area contributed by atoms with Crippen molar-refractivity contribution in [2.75, 3.05) is 56.3 Å². The smallest absolute Gasteiger partial charge is 0.414 e. The van der Waals surface area contributed by atoms with Crippen LogP contribution in [0, 0.1) is 23.6 Å². The highest BCUT2D eigenvalue weighted by Gasteiger charge is 2.38. The predicted octanol–water partition coefficient (Wildman–Crippen LogP) is 15.1. The summed E-state index contributed by atoms with van der Waals surface area (Å²) in [7, 11) is 5.84. The predicted molar refractivity (Wildman–Crippen MR) is 414 cm³/mol. The lowest BCUT2D eigenvalue weighted by atomic mass is 9.83. The molecule has 3 saturated carbocycles. The van der Waals surface area contributed by atoms with E-state index in [1.165, 1.54) is 39.0 Å². The standard InChI is InChI=1S/C29H34FN3O4.C28H33N3O4.C27H38N6O3/c1-17-5-11-23-24(32(17)29(35)37-4)12-13-25-28(23)31-27(16-20-15-21(30)8-14-26(20)36-3)33(25)22-9-6-19(7-10-22)18(2)34;1-18-11-13-22-23(30(18)28(34)35-2)14-15-24-26(22)29-25(16-12-19-7-4-3-5-8-19)31(24)21-10-6-9-20(17-21)27(32)33;1-19-4-9-22-23(33(19)27(35)36-2)10-11-24-26(22)30-25(12-16-31-15-3-13-29-31)32(24)17-14-28-21-7-5-20(18-34)6-8-21/h8,12-15,17,19,22H,5-7,9-11,16H2,1-4H3;3-5,7-8,14-15,18,20-21H,6,9-13,16-17H2,1-2H3,(H,32,33);3,10-11,13,15,19-21,28,34H,4-9,12,14,16-18H2,1-2H3/t17-,19?,22?;18-,20-,21-;19-,20?,21?/m000/s1. The summed E-state index contributed by atoms with van der Waals surface area (Å²) in [5.74, 6) is 2.99. The second kappa shape index (κ2) is 34.3. The van der Waals surface area contributed by atoms with Crippen LogP contribution < -0.4 is 24.8 Å². The van der Waals surface area contributed by atoms with Crippen LogP contribution in [0.1, 0.15) is 181 Å². The number of benzene rings is 5. The number of hydrogen-bond donors (Lipinski definition) is 3. The van der Waals surface area contributed by atoms with Crippen molar-refractivity contribution in [3.63, 3.8) is 0 Å². The monoisotopic (exact) mass is 1480 g/mol. The molecular weight excluding hydrogens is 1370 g/mol. The molecular formula is C84H105FN12O11. The number of aliphatic carboxylic acids is 1. The number of rotatable bonds is 18. The molecule has 3 N–H and O–H groups in total. The van der Waals surface area contributed by atoms with Crippen molar-refractivity contribution >= 4 is 80.2 Å². The number of nitrogens with zero attached hydrogens (tertiary/aromatic N) is 11. The van der Waals surface area contributed by atoms with Gasteiger partial charge in [0.05, 0.1) is 84.5 Å². The van der Waals surface area contributed by atoms with Crippen molar-refractivity contribution in [1.82, 2.24) is 43.8 Å². The number of halogens is 1. The van der Waals surface area contributed by atoms with E-state index in [4.69, 9.17) is 33.9 Å².